The van der Waals surface area contributed by atoms with E-state index in [9.17, 15) is 9.90 Å². The van der Waals surface area contributed by atoms with Gasteiger partial charge in [-0.05, 0) is 42.3 Å². The highest BCUT2D eigenvalue weighted by Crippen LogP contribution is 2.36. The predicted molar refractivity (Wildman–Crippen MR) is 90.2 cm³/mol. The molecule has 0 fully saturated rings. The smallest absolute Gasteiger partial charge is 0.309 e. The van der Waals surface area contributed by atoms with Crippen molar-refractivity contribution in [2.45, 2.75) is 18.9 Å². The van der Waals surface area contributed by atoms with Crippen LogP contribution in [0.5, 0.6) is 11.5 Å². The Hall–Kier alpha value is -2.53. The van der Waals surface area contributed by atoms with Gasteiger partial charge in [0.1, 0.15) is 17.1 Å². The molecule has 5 nitrogen and oxygen atoms in total. The van der Waals surface area contributed by atoms with E-state index in [1.807, 2.05) is 0 Å². The molecule has 0 radical (unpaired) electrons. The number of hydrogen-bond acceptors (Lipinski definition) is 5. The van der Waals surface area contributed by atoms with Crippen LogP contribution in [-0.4, -0.2) is 31.9 Å². The van der Waals surface area contributed by atoms with Crippen LogP contribution in [0.2, 0.25) is 0 Å². The fourth-order valence-electron chi connectivity index (χ4n) is 2.55. The van der Waals surface area contributed by atoms with Crippen LogP contribution in [0.15, 0.2) is 48.5 Å². The fraction of sp³-hybridized carbons (Fsp3) is 0.316. The third-order valence-electron chi connectivity index (χ3n) is 3.80. The van der Waals surface area contributed by atoms with Crippen LogP contribution in [0.25, 0.3) is 0 Å². The van der Waals surface area contributed by atoms with Gasteiger partial charge >= 0.3 is 5.97 Å². The first-order valence-electron chi connectivity index (χ1n) is 7.70. The van der Waals surface area contributed by atoms with Gasteiger partial charge in [-0.2, -0.15) is 0 Å². The standard InChI is InChI=1S/C19H22O5/c1-4-24-18(20)13-19(21,14-7-5-9-16(11-14)22-2)15-8-6-10-17(12-15)23-3/h5-12,21H,4,13H2,1-3H3. The van der Waals surface area contributed by atoms with Crippen LogP contribution in [-0.2, 0) is 15.1 Å². The van der Waals surface area contributed by atoms with Crippen LogP contribution < -0.4 is 9.47 Å². The Bertz CT molecular complexity index is 648. The lowest BCUT2D eigenvalue weighted by molar-refractivity contribution is -0.147. The van der Waals surface area contributed by atoms with E-state index in [4.69, 9.17) is 14.2 Å². The van der Waals surface area contributed by atoms with Gasteiger partial charge < -0.3 is 19.3 Å². The Morgan fingerprint density at radius 2 is 1.50 bits per heavy atom. The summed E-state index contributed by atoms with van der Waals surface area (Å²) in [6, 6.07) is 14.0. The Kier molecular flexibility index (Phi) is 5.82. The van der Waals surface area contributed by atoms with Crippen LogP contribution in [0.3, 0.4) is 0 Å². The molecule has 5 heteroatoms. The van der Waals surface area contributed by atoms with Gasteiger partial charge in [0.05, 0.1) is 27.2 Å². The zero-order valence-electron chi connectivity index (χ0n) is 14.1. The van der Waals surface area contributed by atoms with Crippen molar-refractivity contribution in [2.24, 2.45) is 0 Å². The predicted octanol–water partition coefficient (Wildman–Crippen LogP) is 2.89. The quantitative estimate of drug-likeness (QED) is 0.791. The molecule has 0 aliphatic heterocycles. The molecule has 128 valence electrons. The molecule has 0 unspecified atom stereocenters. The second-order valence-corrected chi connectivity index (χ2v) is 5.31. The lowest BCUT2D eigenvalue weighted by Crippen LogP contribution is -2.31. The molecule has 0 atom stereocenters. The SMILES string of the molecule is CCOC(=O)CC(O)(c1cccc(OC)c1)c1cccc(OC)c1. The maximum atomic E-state index is 12.1. The maximum Gasteiger partial charge on any atom is 0.309 e. The summed E-state index contributed by atoms with van der Waals surface area (Å²) in [5, 5.41) is 11.4. The first-order valence-corrected chi connectivity index (χ1v) is 7.70. The zero-order valence-corrected chi connectivity index (χ0v) is 14.1. The summed E-state index contributed by atoms with van der Waals surface area (Å²) in [6.45, 7) is 1.99. The van der Waals surface area contributed by atoms with Gasteiger partial charge in [0.25, 0.3) is 0 Å². The molecule has 0 aliphatic carbocycles. The van der Waals surface area contributed by atoms with E-state index >= 15 is 0 Å². The summed E-state index contributed by atoms with van der Waals surface area (Å²) >= 11 is 0. The van der Waals surface area contributed by atoms with Crippen molar-refractivity contribution < 1.29 is 24.1 Å². The molecule has 0 bridgehead atoms. The van der Waals surface area contributed by atoms with E-state index < -0.39 is 11.6 Å². The lowest BCUT2D eigenvalue weighted by Gasteiger charge is -2.29. The van der Waals surface area contributed by atoms with Crippen molar-refractivity contribution in [3.8, 4) is 11.5 Å². The minimum Gasteiger partial charge on any atom is -0.497 e. The van der Waals surface area contributed by atoms with Gasteiger partial charge in [-0.15, -0.1) is 0 Å². The molecule has 2 aromatic rings. The summed E-state index contributed by atoms with van der Waals surface area (Å²) in [5.74, 6) is 0.709. The lowest BCUT2D eigenvalue weighted by atomic mass is 9.83. The molecule has 0 aromatic heterocycles. The van der Waals surface area contributed by atoms with Crippen molar-refractivity contribution >= 4 is 5.97 Å². The second-order valence-electron chi connectivity index (χ2n) is 5.31. The summed E-state index contributed by atoms with van der Waals surface area (Å²) < 4.78 is 15.5. The normalized spacial score (nSPS) is 11.0. The molecule has 24 heavy (non-hydrogen) atoms. The Labute approximate surface area is 141 Å². The summed E-state index contributed by atoms with van der Waals surface area (Å²) in [5.41, 5.74) is -0.457. The van der Waals surface area contributed by atoms with E-state index in [0.717, 1.165) is 0 Å². The minimum absolute atomic E-state index is 0.207. The largest absolute Gasteiger partial charge is 0.497 e. The highest BCUT2D eigenvalue weighted by atomic mass is 16.5. The summed E-state index contributed by atoms with van der Waals surface area (Å²) in [6.07, 6.45) is -0.207. The van der Waals surface area contributed by atoms with Crippen molar-refractivity contribution in [2.75, 3.05) is 20.8 Å². The third kappa shape index (κ3) is 3.86. The van der Waals surface area contributed by atoms with Gasteiger partial charge in [0, 0.05) is 0 Å². The van der Waals surface area contributed by atoms with Crippen LogP contribution >= 0.6 is 0 Å². The summed E-state index contributed by atoms with van der Waals surface area (Å²) in [7, 11) is 3.10. The van der Waals surface area contributed by atoms with E-state index in [1.165, 1.54) is 0 Å². The first-order chi connectivity index (χ1) is 11.5. The molecule has 1 N–H and O–H groups in total. The highest BCUT2D eigenvalue weighted by molar-refractivity contribution is 5.72. The Morgan fingerprint density at radius 1 is 1.00 bits per heavy atom. The molecule has 2 rings (SSSR count). The van der Waals surface area contributed by atoms with Crippen LogP contribution in [0, 0.1) is 0 Å². The molecule has 0 spiro atoms. The fourth-order valence-corrected chi connectivity index (χ4v) is 2.55. The zero-order chi connectivity index (χ0) is 17.6. The van der Waals surface area contributed by atoms with Gasteiger partial charge in [-0.3, -0.25) is 4.79 Å². The first kappa shape index (κ1) is 17.8. The van der Waals surface area contributed by atoms with Gasteiger partial charge in [0.2, 0.25) is 0 Å². The monoisotopic (exact) mass is 330 g/mol. The average Bonchev–Trinajstić information content (AvgIpc) is 2.61. The molecular weight excluding hydrogens is 308 g/mol. The number of rotatable bonds is 7. The number of hydrogen-bond donors (Lipinski definition) is 1. The molecular formula is C19H22O5. The third-order valence-corrected chi connectivity index (χ3v) is 3.80. The molecule has 0 aliphatic rings. The maximum absolute atomic E-state index is 12.1. The molecule has 0 amide bonds. The number of benzene rings is 2. The van der Waals surface area contributed by atoms with Gasteiger partial charge in [0.15, 0.2) is 0 Å². The minimum atomic E-state index is -1.55. The van der Waals surface area contributed by atoms with Crippen molar-refractivity contribution in [3.05, 3.63) is 59.7 Å². The van der Waals surface area contributed by atoms with Crippen LogP contribution in [0.1, 0.15) is 24.5 Å². The molecule has 0 saturated heterocycles. The number of carbonyl (C=O) groups is 1. The summed E-state index contributed by atoms with van der Waals surface area (Å²) in [4.78, 5) is 12.1. The Morgan fingerprint density at radius 3 is 1.92 bits per heavy atom. The van der Waals surface area contributed by atoms with E-state index in [0.29, 0.717) is 22.6 Å². The van der Waals surface area contributed by atoms with E-state index in [1.54, 1.807) is 69.7 Å². The second kappa shape index (κ2) is 7.84. The van der Waals surface area contributed by atoms with Gasteiger partial charge in [-0.1, -0.05) is 24.3 Å². The van der Waals surface area contributed by atoms with Gasteiger partial charge in [-0.25, -0.2) is 0 Å². The number of ether oxygens (including phenoxy) is 3. The highest BCUT2D eigenvalue weighted by Gasteiger charge is 2.35. The van der Waals surface area contributed by atoms with Crippen molar-refractivity contribution in [1.82, 2.24) is 0 Å². The topological polar surface area (TPSA) is 65.0 Å². The molecule has 0 saturated carbocycles. The number of methoxy groups -OCH3 is 2. The number of esters is 1. The van der Waals surface area contributed by atoms with E-state index in [2.05, 4.69) is 0 Å². The number of aliphatic hydroxyl groups is 1. The Balaban J connectivity index is 2.52. The van der Waals surface area contributed by atoms with Crippen molar-refractivity contribution in [1.29, 1.82) is 0 Å². The molecule has 2 aromatic carbocycles. The molecule has 0 heterocycles. The number of carbonyl (C=O) groups excluding carboxylic acids is 1. The van der Waals surface area contributed by atoms with Crippen molar-refractivity contribution in [3.63, 3.8) is 0 Å². The van der Waals surface area contributed by atoms with Crippen LogP contribution in [0.4, 0.5) is 0 Å². The average molecular weight is 330 g/mol. The van der Waals surface area contributed by atoms with E-state index in [-0.39, 0.29) is 13.0 Å².